The van der Waals surface area contributed by atoms with E-state index in [1.165, 1.54) is 48.9 Å². The van der Waals surface area contributed by atoms with Gasteiger partial charge in [-0.15, -0.1) is 0 Å². The molecule has 10 heteroatoms. The maximum atomic E-state index is 12.5. The highest BCUT2D eigenvalue weighted by molar-refractivity contribution is 7.92. The lowest BCUT2D eigenvalue weighted by Gasteiger charge is -2.10. The van der Waals surface area contributed by atoms with Crippen LogP contribution in [0.5, 0.6) is 0 Å². The molecule has 2 aromatic carbocycles. The van der Waals surface area contributed by atoms with Gasteiger partial charge in [0.05, 0.1) is 22.4 Å². The molecule has 0 radical (unpaired) electrons. The molecular weight excluding hydrogens is 406 g/mol. The molecule has 0 saturated heterocycles. The fourth-order valence-electron chi connectivity index (χ4n) is 2.22. The van der Waals surface area contributed by atoms with Crippen molar-refractivity contribution in [3.05, 3.63) is 83.3 Å². The van der Waals surface area contributed by atoms with E-state index >= 15 is 0 Å². The van der Waals surface area contributed by atoms with E-state index in [1.807, 2.05) is 0 Å². The summed E-state index contributed by atoms with van der Waals surface area (Å²) in [6.07, 6.45) is 2.54. The minimum Gasteiger partial charge on any atom is -0.472 e. The maximum absolute atomic E-state index is 12.5. The molecule has 0 spiro atoms. The van der Waals surface area contributed by atoms with Crippen molar-refractivity contribution >= 4 is 39.1 Å². The number of sulfonamides is 1. The van der Waals surface area contributed by atoms with Crippen LogP contribution in [-0.2, 0) is 10.0 Å². The van der Waals surface area contributed by atoms with E-state index in [2.05, 4.69) is 15.6 Å². The average Bonchev–Trinajstić information content (AvgIpc) is 3.20. The van der Waals surface area contributed by atoms with E-state index in [4.69, 9.17) is 16.0 Å². The fraction of sp³-hybridized carbons (Fsp3) is 0. The zero-order chi connectivity index (χ0) is 20.1. The molecule has 0 bridgehead atoms. The number of carbonyl (C=O) groups excluding carboxylic acids is 2. The van der Waals surface area contributed by atoms with Crippen LogP contribution in [0.3, 0.4) is 0 Å². The molecule has 1 heterocycles. The van der Waals surface area contributed by atoms with E-state index in [-0.39, 0.29) is 21.7 Å². The molecular formula is C18H14ClN3O5S. The first-order valence-corrected chi connectivity index (χ1v) is 9.72. The van der Waals surface area contributed by atoms with Crippen molar-refractivity contribution in [2.75, 3.05) is 4.72 Å². The van der Waals surface area contributed by atoms with E-state index in [9.17, 15) is 18.0 Å². The lowest BCUT2D eigenvalue weighted by molar-refractivity contribution is 0.0846. The van der Waals surface area contributed by atoms with Gasteiger partial charge in [-0.05, 0) is 42.5 Å². The summed E-state index contributed by atoms with van der Waals surface area (Å²) in [6, 6.07) is 13.0. The molecule has 28 heavy (non-hydrogen) atoms. The number of carbonyl (C=O) groups is 2. The molecule has 0 aliphatic carbocycles. The zero-order valence-corrected chi connectivity index (χ0v) is 15.8. The molecule has 8 nitrogen and oxygen atoms in total. The number of furan rings is 1. The monoisotopic (exact) mass is 419 g/mol. The van der Waals surface area contributed by atoms with Gasteiger partial charge >= 0.3 is 0 Å². The molecule has 3 rings (SSSR count). The van der Waals surface area contributed by atoms with Crippen LogP contribution in [0, 0.1) is 0 Å². The molecule has 3 aromatic rings. The van der Waals surface area contributed by atoms with Crippen LogP contribution in [0.25, 0.3) is 0 Å². The van der Waals surface area contributed by atoms with Crippen LogP contribution in [-0.4, -0.2) is 20.2 Å². The van der Waals surface area contributed by atoms with Gasteiger partial charge in [0.1, 0.15) is 6.26 Å². The Hall–Kier alpha value is -3.30. The molecule has 2 amide bonds. The largest absolute Gasteiger partial charge is 0.472 e. The molecule has 3 N–H and O–H groups in total. The van der Waals surface area contributed by atoms with Crippen LogP contribution < -0.4 is 15.6 Å². The van der Waals surface area contributed by atoms with Gasteiger partial charge in [-0.25, -0.2) is 8.42 Å². The Balaban J connectivity index is 1.72. The number of hydrogen-bond donors (Lipinski definition) is 3. The summed E-state index contributed by atoms with van der Waals surface area (Å²) < 4.78 is 32.3. The number of halogens is 1. The third kappa shape index (κ3) is 4.70. The summed E-state index contributed by atoms with van der Waals surface area (Å²) in [5.74, 6) is -1.26. The van der Waals surface area contributed by atoms with Crippen molar-refractivity contribution in [3.63, 3.8) is 0 Å². The summed E-state index contributed by atoms with van der Waals surface area (Å²) in [5, 5.41) is 0.377. The highest BCUT2D eigenvalue weighted by Gasteiger charge is 2.17. The highest BCUT2D eigenvalue weighted by atomic mass is 35.5. The van der Waals surface area contributed by atoms with Crippen LogP contribution in [0.15, 0.2) is 76.4 Å². The number of hydrazine groups is 1. The average molecular weight is 420 g/mol. The Morgan fingerprint density at radius 2 is 1.61 bits per heavy atom. The van der Waals surface area contributed by atoms with Crippen LogP contribution in [0.4, 0.5) is 5.69 Å². The summed E-state index contributed by atoms with van der Waals surface area (Å²) >= 11 is 5.86. The van der Waals surface area contributed by atoms with Crippen molar-refractivity contribution in [2.24, 2.45) is 0 Å². The predicted molar refractivity (Wildman–Crippen MR) is 102 cm³/mol. The van der Waals surface area contributed by atoms with Crippen LogP contribution >= 0.6 is 11.6 Å². The van der Waals surface area contributed by atoms with Gasteiger partial charge in [0.25, 0.3) is 21.8 Å². The van der Waals surface area contributed by atoms with Crippen molar-refractivity contribution in [2.45, 2.75) is 4.90 Å². The summed E-state index contributed by atoms with van der Waals surface area (Å²) in [6.45, 7) is 0. The van der Waals surface area contributed by atoms with E-state index in [1.54, 1.807) is 18.2 Å². The second kappa shape index (κ2) is 8.15. The predicted octanol–water partition coefficient (Wildman–Crippen LogP) is 2.81. The van der Waals surface area contributed by atoms with E-state index < -0.39 is 21.8 Å². The standard InChI is InChI=1S/C18H14ClN3O5S/c19-14-4-2-5-15(10-14)22-28(25,26)16-6-1-3-12(9-16)17(23)20-21-18(24)13-7-8-27-11-13/h1-11,22H,(H,20,23)(H,21,24). The summed E-state index contributed by atoms with van der Waals surface area (Å²) in [7, 11) is -3.94. The number of anilines is 1. The van der Waals surface area contributed by atoms with Crippen LogP contribution in [0.2, 0.25) is 5.02 Å². The second-order valence-electron chi connectivity index (χ2n) is 5.56. The third-order valence-electron chi connectivity index (χ3n) is 3.56. The van der Waals surface area contributed by atoms with E-state index in [0.29, 0.717) is 5.02 Å². The lowest BCUT2D eigenvalue weighted by Crippen LogP contribution is -2.41. The van der Waals surface area contributed by atoms with E-state index in [0.717, 1.165) is 0 Å². The van der Waals surface area contributed by atoms with Crippen molar-refractivity contribution in [3.8, 4) is 0 Å². The Labute approximate surface area is 165 Å². The Morgan fingerprint density at radius 1 is 0.893 bits per heavy atom. The van der Waals surface area contributed by atoms with Crippen molar-refractivity contribution in [1.29, 1.82) is 0 Å². The lowest BCUT2D eigenvalue weighted by atomic mass is 10.2. The van der Waals surface area contributed by atoms with Gasteiger partial charge < -0.3 is 4.42 Å². The molecule has 0 aliphatic rings. The highest BCUT2D eigenvalue weighted by Crippen LogP contribution is 2.20. The zero-order valence-electron chi connectivity index (χ0n) is 14.2. The molecule has 0 saturated carbocycles. The maximum Gasteiger partial charge on any atom is 0.272 e. The first-order valence-electron chi connectivity index (χ1n) is 7.86. The molecule has 144 valence electrons. The minimum atomic E-state index is -3.94. The number of nitrogens with one attached hydrogen (secondary N) is 3. The first kappa shape index (κ1) is 19.5. The Kier molecular flexibility index (Phi) is 5.67. The van der Waals surface area contributed by atoms with Gasteiger partial charge in [0, 0.05) is 10.6 Å². The second-order valence-corrected chi connectivity index (χ2v) is 7.68. The minimum absolute atomic E-state index is 0.0430. The third-order valence-corrected chi connectivity index (χ3v) is 5.17. The molecule has 1 aromatic heterocycles. The van der Waals surface area contributed by atoms with Crippen LogP contribution in [0.1, 0.15) is 20.7 Å². The molecule has 0 atom stereocenters. The number of rotatable bonds is 5. The molecule has 0 fully saturated rings. The fourth-order valence-corrected chi connectivity index (χ4v) is 3.51. The van der Waals surface area contributed by atoms with Crippen molar-refractivity contribution < 1.29 is 22.4 Å². The van der Waals surface area contributed by atoms with Gasteiger partial charge in [0.15, 0.2) is 0 Å². The number of amides is 2. The Bertz CT molecular complexity index is 1110. The van der Waals surface area contributed by atoms with Gasteiger partial charge in [-0.2, -0.15) is 0 Å². The molecule has 0 unspecified atom stereocenters. The quantitative estimate of drug-likeness (QED) is 0.549. The Morgan fingerprint density at radius 3 is 2.29 bits per heavy atom. The summed E-state index contributed by atoms with van der Waals surface area (Å²) in [4.78, 5) is 23.9. The number of benzene rings is 2. The SMILES string of the molecule is O=C(NNC(=O)c1cccc(S(=O)(=O)Nc2cccc(Cl)c2)c1)c1ccoc1. The summed E-state index contributed by atoms with van der Waals surface area (Å²) in [5.41, 5.74) is 4.97. The topological polar surface area (TPSA) is 118 Å². The van der Waals surface area contributed by atoms with Crippen molar-refractivity contribution in [1.82, 2.24) is 10.9 Å². The van der Waals surface area contributed by atoms with Gasteiger partial charge in [-0.1, -0.05) is 23.7 Å². The first-order chi connectivity index (χ1) is 13.3. The van der Waals surface area contributed by atoms with Gasteiger partial charge in [-0.3, -0.25) is 25.2 Å². The normalized spacial score (nSPS) is 10.9. The smallest absolute Gasteiger partial charge is 0.272 e. The van der Waals surface area contributed by atoms with Gasteiger partial charge in [0.2, 0.25) is 0 Å². The number of hydrogen-bond acceptors (Lipinski definition) is 5. The molecule has 0 aliphatic heterocycles.